The molecule has 2 aromatic carbocycles. The summed E-state index contributed by atoms with van der Waals surface area (Å²) in [4.78, 5) is 4.74. The van der Waals surface area contributed by atoms with E-state index in [1.165, 1.54) is 23.4 Å². The van der Waals surface area contributed by atoms with Crippen LogP contribution in [-0.2, 0) is 6.54 Å². The fourth-order valence-corrected chi connectivity index (χ4v) is 3.19. The highest BCUT2D eigenvalue weighted by molar-refractivity contribution is 5.52. The van der Waals surface area contributed by atoms with Gasteiger partial charge in [0.25, 0.3) is 0 Å². The van der Waals surface area contributed by atoms with E-state index < -0.39 is 0 Å². The molecular formula is C19H25N3. The number of benzene rings is 2. The SMILES string of the molecule is CN(C)c1ccccc1CN1CCC(Nc2ccccc2)C1. The van der Waals surface area contributed by atoms with Crippen molar-refractivity contribution in [2.24, 2.45) is 0 Å². The Labute approximate surface area is 133 Å². The predicted molar refractivity (Wildman–Crippen MR) is 94.5 cm³/mol. The van der Waals surface area contributed by atoms with Crippen molar-refractivity contribution in [2.75, 3.05) is 37.4 Å². The number of nitrogens with zero attached hydrogens (tertiary/aromatic N) is 2. The molecule has 0 amide bonds. The molecule has 0 saturated carbocycles. The van der Waals surface area contributed by atoms with Gasteiger partial charge in [-0.3, -0.25) is 4.90 Å². The van der Waals surface area contributed by atoms with Crippen LogP contribution in [0.2, 0.25) is 0 Å². The first kappa shape index (κ1) is 14.9. The van der Waals surface area contributed by atoms with Crippen molar-refractivity contribution in [3.63, 3.8) is 0 Å². The summed E-state index contributed by atoms with van der Waals surface area (Å²) in [5.74, 6) is 0. The topological polar surface area (TPSA) is 18.5 Å². The second-order valence-corrected chi connectivity index (χ2v) is 6.25. The normalized spacial score (nSPS) is 18.4. The van der Waals surface area contributed by atoms with Gasteiger partial charge in [-0.1, -0.05) is 36.4 Å². The minimum Gasteiger partial charge on any atom is -0.381 e. The maximum atomic E-state index is 3.64. The van der Waals surface area contributed by atoms with Crippen LogP contribution in [0.5, 0.6) is 0 Å². The molecule has 1 aliphatic rings. The summed E-state index contributed by atoms with van der Waals surface area (Å²) in [6.07, 6.45) is 1.21. The van der Waals surface area contributed by atoms with Crippen LogP contribution in [0.3, 0.4) is 0 Å². The van der Waals surface area contributed by atoms with Crippen LogP contribution in [0.15, 0.2) is 54.6 Å². The van der Waals surface area contributed by atoms with E-state index in [0.717, 1.165) is 19.6 Å². The fraction of sp³-hybridized carbons (Fsp3) is 0.368. The average Bonchev–Trinajstić information content (AvgIpc) is 2.96. The van der Waals surface area contributed by atoms with Gasteiger partial charge in [0, 0.05) is 51.1 Å². The van der Waals surface area contributed by atoms with Crippen molar-refractivity contribution < 1.29 is 0 Å². The Kier molecular flexibility index (Phi) is 4.64. The number of nitrogens with one attached hydrogen (secondary N) is 1. The lowest BCUT2D eigenvalue weighted by Crippen LogP contribution is -2.26. The first-order chi connectivity index (χ1) is 10.7. The summed E-state index contributed by atoms with van der Waals surface area (Å²) >= 11 is 0. The molecule has 22 heavy (non-hydrogen) atoms. The van der Waals surface area contributed by atoms with E-state index in [9.17, 15) is 0 Å². The molecule has 1 heterocycles. The molecule has 3 nitrogen and oxygen atoms in total. The second-order valence-electron chi connectivity index (χ2n) is 6.25. The molecule has 1 N–H and O–H groups in total. The molecule has 1 fully saturated rings. The molecule has 3 rings (SSSR count). The quantitative estimate of drug-likeness (QED) is 0.911. The Morgan fingerprint density at radius 2 is 1.77 bits per heavy atom. The van der Waals surface area contributed by atoms with Crippen molar-refractivity contribution in [3.05, 3.63) is 60.2 Å². The van der Waals surface area contributed by atoms with Crippen molar-refractivity contribution in [1.29, 1.82) is 0 Å². The van der Waals surface area contributed by atoms with Crippen LogP contribution >= 0.6 is 0 Å². The molecule has 0 aliphatic carbocycles. The molecule has 0 radical (unpaired) electrons. The molecule has 0 bridgehead atoms. The lowest BCUT2D eigenvalue weighted by molar-refractivity contribution is 0.329. The summed E-state index contributed by atoms with van der Waals surface area (Å²) in [7, 11) is 4.23. The predicted octanol–water partition coefficient (Wildman–Crippen LogP) is 3.44. The maximum Gasteiger partial charge on any atom is 0.0406 e. The molecule has 1 atom stereocenters. The van der Waals surface area contributed by atoms with E-state index in [2.05, 4.69) is 83.8 Å². The molecule has 0 aromatic heterocycles. The number of rotatable bonds is 5. The van der Waals surface area contributed by atoms with Gasteiger partial charge in [-0.25, -0.2) is 0 Å². The molecule has 1 aliphatic heterocycles. The van der Waals surface area contributed by atoms with Crippen molar-refractivity contribution in [3.8, 4) is 0 Å². The van der Waals surface area contributed by atoms with Crippen molar-refractivity contribution in [2.45, 2.75) is 19.0 Å². The first-order valence-corrected chi connectivity index (χ1v) is 8.01. The number of hydrogen-bond donors (Lipinski definition) is 1. The average molecular weight is 295 g/mol. The highest BCUT2D eigenvalue weighted by atomic mass is 15.2. The minimum absolute atomic E-state index is 0.550. The fourth-order valence-electron chi connectivity index (χ4n) is 3.19. The van der Waals surface area contributed by atoms with Gasteiger partial charge >= 0.3 is 0 Å². The van der Waals surface area contributed by atoms with Gasteiger partial charge in [-0.15, -0.1) is 0 Å². The third kappa shape index (κ3) is 3.60. The third-order valence-corrected chi connectivity index (χ3v) is 4.28. The van der Waals surface area contributed by atoms with Gasteiger partial charge in [0.1, 0.15) is 0 Å². The first-order valence-electron chi connectivity index (χ1n) is 8.01. The summed E-state index contributed by atoms with van der Waals surface area (Å²) in [5, 5.41) is 3.64. The lowest BCUT2D eigenvalue weighted by Gasteiger charge is -2.22. The van der Waals surface area contributed by atoms with E-state index in [0.29, 0.717) is 6.04 Å². The highest BCUT2D eigenvalue weighted by Gasteiger charge is 2.22. The number of likely N-dealkylation sites (tertiary alicyclic amines) is 1. The van der Waals surface area contributed by atoms with Crippen LogP contribution < -0.4 is 10.2 Å². The largest absolute Gasteiger partial charge is 0.381 e. The molecule has 2 aromatic rings. The van der Waals surface area contributed by atoms with E-state index in [-0.39, 0.29) is 0 Å². The third-order valence-electron chi connectivity index (χ3n) is 4.28. The lowest BCUT2D eigenvalue weighted by atomic mass is 10.1. The van der Waals surface area contributed by atoms with Gasteiger partial charge in [0.2, 0.25) is 0 Å². The molecule has 116 valence electrons. The van der Waals surface area contributed by atoms with E-state index in [1.54, 1.807) is 0 Å². The molecule has 0 spiro atoms. The van der Waals surface area contributed by atoms with Crippen molar-refractivity contribution >= 4 is 11.4 Å². The van der Waals surface area contributed by atoms with Gasteiger partial charge in [0.15, 0.2) is 0 Å². The minimum atomic E-state index is 0.550. The maximum absolute atomic E-state index is 3.64. The second kappa shape index (κ2) is 6.84. The molecule has 3 heteroatoms. The Balaban J connectivity index is 1.59. The van der Waals surface area contributed by atoms with Gasteiger partial charge in [0.05, 0.1) is 0 Å². The van der Waals surface area contributed by atoms with Crippen LogP contribution in [0.1, 0.15) is 12.0 Å². The summed E-state index contributed by atoms with van der Waals surface area (Å²) in [5.41, 5.74) is 3.96. The standard InChI is InChI=1S/C19H25N3/c1-21(2)19-11-7-6-8-16(19)14-22-13-12-18(15-22)20-17-9-4-3-5-10-17/h3-11,18,20H,12-15H2,1-2H3. The Morgan fingerprint density at radius 1 is 1.05 bits per heavy atom. The van der Waals surface area contributed by atoms with E-state index in [1.807, 2.05) is 0 Å². The smallest absolute Gasteiger partial charge is 0.0406 e. The van der Waals surface area contributed by atoms with Gasteiger partial charge in [-0.05, 0) is 30.2 Å². The van der Waals surface area contributed by atoms with E-state index in [4.69, 9.17) is 0 Å². The van der Waals surface area contributed by atoms with Crippen LogP contribution in [0, 0.1) is 0 Å². The number of para-hydroxylation sites is 2. The number of hydrogen-bond acceptors (Lipinski definition) is 3. The summed E-state index contributed by atoms with van der Waals surface area (Å²) < 4.78 is 0. The zero-order chi connectivity index (χ0) is 15.4. The zero-order valence-corrected chi connectivity index (χ0v) is 13.5. The van der Waals surface area contributed by atoms with Crippen LogP contribution in [0.25, 0.3) is 0 Å². The Hall–Kier alpha value is -2.00. The zero-order valence-electron chi connectivity index (χ0n) is 13.5. The Morgan fingerprint density at radius 3 is 2.55 bits per heavy atom. The Bertz CT molecular complexity index is 595. The molecule has 1 saturated heterocycles. The van der Waals surface area contributed by atoms with Crippen LogP contribution in [0.4, 0.5) is 11.4 Å². The molecular weight excluding hydrogens is 270 g/mol. The van der Waals surface area contributed by atoms with Gasteiger partial charge in [-0.2, -0.15) is 0 Å². The number of anilines is 2. The summed E-state index contributed by atoms with van der Waals surface area (Å²) in [6.45, 7) is 3.30. The highest BCUT2D eigenvalue weighted by Crippen LogP contribution is 2.23. The van der Waals surface area contributed by atoms with E-state index >= 15 is 0 Å². The van der Waals surface area contributed by atoms with Crippen molar-refractivity contribution in [1.82, 2.24) is 4.90 Å². The molecule has 1 unspecified atom stereocenters. The van der Waals surface area contributed by atoms with Gasteiger partial charge < -0.3 is 10.2 Å². The van der Waals surface area contributed by atoms with Crippen LogP contribution in [-0.4, -0.2) is 38.1 Å². The monoisotopic (exact) mass is 295 g/mol. The summed E-state index contributed by atoms with van der Waals surface area (Å²) in [6, 6.07) is 19.8.